The summed E-state index contributed by atoms with van der Waals surface area (Å²) in [6.07, 6.45) is 1.27. The first-order valence-electron chi connectivity index (χ1n) is 10.1. The maximum absolute atomic E-state index is 13.6. The topological polar surface area (TPSA) is 99.4 Å². The fraction of sp³-hybridized carbons (Fsp3) is 0.217. The average Bonchev–Trinajstić information content (AvgIpc) is 3.49. The highest BCUT2D eigenvalue weighted by molar-refractivity contribution is 7.14. The standard InChI is InChI=1S/C23H21FN4O4S/c1-30-16-9-6-14(7-10-16)22-27-21(32-28-22)5-3-4-20(29)26-23-25-18(13-33-23)17-12-15(24)8-11-19(17)31-2/h6-13H,3-5H2,1-2H3,(H,25,26,29). The first-order valence-corrected chi connectivity index (χ1v) is 11.0. The minimum absolute atomic E-state index is 0.183. The molecule has 4 aromatic rings. The van der Waals surface area contributed by atoms with Gasteiger partial charge in [0.25, 0.3) is 0 Å². The Morgan fingerprint density at radius 1 is 1.12 bits per heavy atom. The van der Waals surface area contributed by atoms with Gasteiger partial charge in [0.05, 0.1) is 19.9 Å². The molecule has 1 amide bonds. The van der Waals surface area contributed by atoms with E-state index in [0.717, 1.165) is 11.3 Å². The fourth-order valence-corrected chi connectivity index (χ4v) is 3.86. The van der Waals surface area contributed by atoms with Gasteiger partial charge in [0.1, 0.15) is 17.3 Å². The van der Waals surface area contributed by atoms with E-state index in [1.165, 1.54) is 30.6 Å². The minimum atomic E-state index is -0.388. The number of amides is 1. The van der Waals surface area contributed by atoms with Crippen molar-refractivity contribution < 1.29 is 23.2 Å². The Kier molecular flexibility index (Phi) is 6.94. The number of hydrogen-bond acceptors (Lipinski definition) is 8. The van der Waals surface area contributed by atoms with Gasteiger partial charge in [-0.05, 0) is 48.9 Å². The van der Waals surface area contributed by atoms with Gasteiger partial charge in [-0.1, -0.05) is 5.16 Å². The third-order valence-electron chi connectivity index (χ3n) is 4.80. The molecule has 1 N–H and O–H groups in total. The van der Waals surface area contributed by atoms with Crippen molar-refractivity contribution in [3.63, 3.8) is 0 Å². The van der Waals surface area contributed by atoms with Crippen molar-refractivity contribution in [3.05, 3.63) is 59.6 Å². The third kappa shape index (κ3) is 5.53. The van der Waals surface area contributed by atoms with Gasteiger partial charge in [-0.25, -0.2) is 9.37 Å². The van der Waals surface area contributed by atoms with Gasteiger partial charge in [0.15, 0.2) is 5.13 Å². The number of carbonyl (C=O) groups excluding carboxylic acids is 1. The number of rotatable bonds is 9. The number of hydrogen-bond donors (Lipinski definition) is 1. The van der Waals surface area contributed by atoms with Crippen molar-refractivity contribution in [2.75, 3.05) is 19.5 Å². The molecular weight excluding hydrogens is 447 g/mol. The van der Waals surface area contributed by atoms with E-state index in [2.05, 4.69) is 20.4 Å². The summed E-state index contributed by atoms with van der Waals surface area (Å²) in [5.41, 5.74) is 1.87. The van der Waals surface area contributed by atoms with Gasteiger partial charge < -0.3 is 19.3 Å². The minimum Gasteiger partial charge on any atom is -0.497 e. The number of aryl methyl sites for hydroxylation is 1. The summed E-state index contributed by atoms with van der Waals surface area (Å²) in [5.74, 6) is 1.63. The molecule has 0 aliphatic carbocycles. The summed E-state index contributed by atoms with van der Waals surface area (Å²) in [6, 6.07) is 11.6. The van der Waals surface area contributed by atoms with Crippen molar-refractivity contribution >= 4 is 22.4 Å². The highest BCUT2D eigenvalue weighted by Crippen LogP contribution is 2.32. The molecule has 0 saturated carbocycles. The molecule has 0 aliphatic rings. The van der Waals surface area contributed by atoms with E-state index >= 15 is 0 Å². The molecule has 10 heteroatoms. The molecule has 0 bridgehead atoms. The van der Waals surface area contributed by atoms with E-state index in [1.54, 1.807) is 18.6 Å². The van der Waals surface area contributed by atoms with Crippen LogP contribution < -0.4 is 14.8 Å². The SMILES string of the molecule is COc1ccc(-c2noc(CCCC(=O)Nc3nc(-c4cc(F)ccc4OC)cs3)n2)cc1. The number of halogens is 1. The number of nitrogens with one attached hydrogen (secondary N) is 1. The van der Waals surface area contributed by atoms with Crippen LogP contribution in [0.15, 0.2) is 52.4 Å². The lowest BCUT2D eigenvalue weighted by molar-refractivity contribution is -0.116. The molecule has 0 radical (unpaired) electrons. The summed E-state index contributed by atoms with van der Waals surface area (Å²) in [4.78, 5) is 21.1. The molecule has 0 unspecified atom stereocenters. The van der Waals surface area contributed by atoms with E-state index in [-0.39, 0.29) is 18.1 Å². The zero-order valence-electron chi connectivity index (χ0n) is 18.0. The number of benzene rings is 2. The van der Waals surface area contributed by atoms with Crippen LogP contribution in [0.2, 0.25) is 0 Å². The van der Waals surface area contributed by atoms with Crippen LogP contribution in [0.5, 0.6) is 11.5 Å². The molecule has 0 fully saturated rings. The van der Waals surface area contributed by atoms with Crippen LogP contribution in [0, 0.1) is 5.82 Å². The summed E-state index contributed by atoms with van der Waals surface area (Å²) in [5, 5.41) is 8.93. The predicted octanol–water partition coefficient (Wildman–Crippen LogP) is 4.98. The molecule has 0 aliphatic heterocycles. The molecule has 0 saturated heterocycles. The number of ether oxygens (including phenoxy) is 2. The largest absolute Gasteiger partial charge is 0.497 e. The summed E-state index contributed by atoms with van der Waals surface area (Å²) in [6.45, 7) is 0. The van der Waals surface area contributed by atoms with Gasteiger partial charge in [-0.2, -0.15) is 4.98 Å². The van der Waals surface area contributed by atoms with Crippen LogP contribution in [-0.2, 0) is 11.2 Å². The molecule has 0 spiro atoms. The normalized spacial score (nSPS) is 10.8. The Labute approximate surface area is 193 Å². The zero-order valence-corrected chi connectivity index (χ0v) is 18.8. The van der Waals surface area contributed by atoms with Crippen molar-refractivity contribution in [3.8, 4) is 34.1 Å². The Bertz CT molecular complexity index is 1240. The van der Waals surface area contributed by atoms with E-state index < -0.39 is 0 Å². The van der Waals surface area contributed by atoms with Crippen molar-refractivity contribution in [2.45, 2.75) is 19.3 Å². The average molecular weight is 469 g/mol. The lowest BCUT2D eigenvalue weighted by atomic mass is 10.1. The highest BCUT2D eigenvalue weighted by atomic mass is 32.1. The van der Waals surface area contributed by atoms with E-state index in [4.69, 9.17) is 14.0 Å². The van der Waals surface area contributed by atoms with Gasteiger partial charge in [0, 0.05) is 29.3 Å². The molecule has 2 aromatic heterocycles. The van der Waals surface area contributed by atoms with Crippen LogP contribution in [0.25, 0.3) is 22.6 Å². The number of nitrogens with zero attached hydrogens (tertiary/aromatic N) is 3. The van der Waals surface area contributed by atoms with Crippen LogP contribution >= 0.6 is 11.3 Å². The van der Waals surface area contributed by atoms with Crippen molar-refractivity contribution in [1.29, 1.82) is 0 Å². The first kappa shape index (κ1) is 22.4. The van der Waals surface area contributed by atoms with Crippen LogP contribution in [-0.4, -0.2) is 35.3 Å². The van der Waals surface area contributed by atoms with Crippen LogP contribution in [0.4, 0.5) is 9.52 Å². The Morgan fingerprint density at radius 3 is 2.70 bits per heavy atom. The number of anilines is 1. The first-order chi connectivity index (χ1) is 16.1. The lowest BCUT2D eigenvalue weighted by Crippen LogP contribution is -2.11. The Hall–Kier alpha value is -3.79. The Morgan fingerprint density at radius 2 is 1.94 bits per heavy atom. The summed E-state index contributed by atoms with van der Waals surface area (Å²) >= 11 is 1.26. The molecule has 8 nitrogen and oxygen atoms in total. The monoisotopic (exact) mass is 468 g/mol. The second kappa shape index (κ2) is 10.2. The molecule has 2 aromatic carbocycles. The van der Waals surface area contributed by atoms with Crippen LogP contribution in [0.3, 0.4) is 0 Å². The quantitative estimate of drug-likeness (QED) is 0.370. The molecule has 33 heavy (non-hydrogen) atoms. The maximum atomic E-state index is 13.6. The molecule has 170 valence electrons. The van der Waals surface area contributed by atoms with E-state index in [1.807, 2.05) is 24.3 Å². The molecule has 2 heterocycles. The van der Waals surface area contributed by atoms with Gasteiger partial charge in [-0.3, -0.25) is 4.79 Å². The number of carbonyl (C=O) groups is 1. The van der Waals surface area contributed by atoms with E-state index in [9.17, 15) is 9.18 Å². The van der Waals surface area contributed by atoms with Gasteiger partial charge >= 0.3 is 0 Å². The van der Waals surface area contributed by atoms with Crippen LogP contribution in [0.1, 0.15) is 18.7 Å². The molecular formula is C23H21FN4O4S. The number of thiazole rings is 1. The second-order valence-electron chi connectivity index (χ2n) is 7.02. The second-order valence-corrected chi connectivity index (χ2v) is 7.88. The zero-order chi connectivity index (χ0) is 23.2. The fourth-order valence-electron chi connectivity index (χ4n) is 3.13. The van der Waals surface area contributed by atoms with Gasteiger partial charge in [-0.15, -0.1) is 11.3 Å². The summed E-state index contributed by atoms with van der Waals surface area (Å²) in [7, 11) is 3.11. The lowest BCUT2D eigenvalue weighted by Gasteiger charge is -2.06. The predicted molar refractivity (Wildman–Crippen MR) is 122 cm³/mol. The molecule has 0 atom stereocenters. The van der Waals surface area contributed by atoms with Crippen molar-refractivity contribution in [1.82, 2.24) is 15.1 Å². The maximum Gasteiger partial charge on any atom is 0.226 e. The van der Waals surface area contributed by atoms with Gasteiger partial charge in [0.2, 0.25) is 17.6 Å². The Balaban J connectivity index is 1.29. The summed E-state index contributed by atoms with van der Waals surface area (Å²) < 4.78 is 29.3. The number of methoxy groups -OCH3 is 2. The van der Waals surface area contributed by atoms with Crippen molar-refractivity contribution in [2.24, 2.45) is 0 Å². The van der Waals surface area contributed by atoms with E-state index in [0.29, 0.717) is 46.7 Å². The highest BCUT2D eigenvalue weighted by Gasteiger charge is 2.14. The molecule has 4 rings (SSSR count). The smallest absolute Gasteiger partial charge is 0.226 e. The number of aromatic nitrogens is 3. The third-order valence-corrected chi connectivity index (χ3v) is 5.56.